The molecule has 170 valence electrons. The molecule has 3 rings (SSSR count). The third-order valence-electron chi connectivity index (χ3n) is 5.26. The molecular weight excluding hydrogens is 414 g/mol. The molecule has 2 amide bonds. The minimum Gasteiger partial charge on any atom is -0.481 e. The number of nitrogens with zero attached hydrogens (tertiary/aromatic N) is 2. The van der Waals surface area contributed by atoms with E-state index in [2.05, 4.69) is 10.3 Å². The van der Waals surface area contributed by atoms with Crippen LogP contribution in [0.5, 0.6) is 5.88 Å². The number of aromatic nitrogens is 1. The zero-order chi connectivity index (χ0) is 22.9. The summed E-state index contributed by atoms with van der Waals surface area (Å²) >= 11 is 0. The second kappa shape index (κ2) is 11.1. The van der Waals surface area contributed by atoms with Gasteiger partial charge in [0.15, 0.2) is 0 Å². The van der Waals surface area contributed by atoms with Crippen LogP contribution in [0.25, 0.3) is 0 Å². The van der Waals surface area contributed by atoms with E-state index < -0.39 is 30.1 Å². The first-order valence-electron chi connectivity index (χ1n) is 10.4. The molecule has 0 unspecified atom stereocenters. The van der Waals surface area contributed by atoms with Crippen molar-refractivity contribution in [2.24, 2.45) is 0 Å². The highest BCUT2D eigenvalue weighted by molar-refractivity contribution is 5.90. The lowest BCUT2D eigenvalue weighted by molar-refractivity contribution is -0.145. The SMILES string of the molecule is COC(=O)[C@@H](Cc1cccnc1OC)NC(=O)[C@H]1CCCN1C(=O)OCc1ccccc1. The number of pyridine rings is 1. The first-order valence-corrected chi connectivity index (χ1v) is 10.4. The number of carbonyl (C=O) groups excluding carboxylic acids is 3. The van der Waals surface area contributed by atoms with Crippen LogP contribution in [-0.2, 0) is 32.1 Å². The Morgan fingerprint density at radius 1 is 1.16 bits per heavy atom. The highest BCUT2D eigenvalue weighted by atomic mass is 16.6. The molecule has 2 aromatic rings. The van der Waals surface area contributed by atoms with Crippen LogP contribution in [0, 0.1) is 0 Å². The van der Waals surface area contributed by atoms with Crippen LogP contribution in [0.1, 0.15) is 24.0 Å². The molecule has 9 heteroatoms. The van der Waals surface area contributed by atoms with Gasteiger partial charge in [0.1, 0.15) is 18.7 Å². The fourth-order valence-electron chi connectivity index (χ4n) is 3.65. The second-order valence-electron chi connectivity index (χ2n) is 7.35. The van der Waals surface area contributed by atoms with Gasteiger partial charge in [0.05, 0.1) is 14.2 Å². The summed E-state index contributed by atoms with van der Waals surface area (Å²) in [5.74, 6) is -0.666. The molecule has 9 nitrogen and oxygen atoms in total. The largest absolute Gasteiger partial charge is 0.481 e. The maximum atomic E-state index is 13.0. The average molecular weight is 441 g/mol. The van der Waals surface area contributed by atoms with Crippen LogP contribution in [0.2, 0.25) is 0 Å². The van der Waals surface area contributed by atoms with E-state index in [1.807, 2.05) is 30.3 Å². The van der Waals surface area contributed by atoms with Crippen molar-refractivity contribution in [2.75, 3.05) is 20.8 Å². The predicted molar refractivity (Wildman–Crippen MR) is 115 cm³/mol. The summed E-state index contributed by atoms with van der Waals surface area (Å²) in [7, 11) is 2.74. The number of methoxy groups -OCH3 is 2. The van der Waals surface area contributed by atoms with Gasteiger partial charge in [-0.1, -0.05) is 36.4 Å². The van der Waals surface area contributed by atoms with Crippen molar-refractivity contribution >= 4 is 18.0 Å². The zero-order valence-electron chi connectivity index (χ0n) is 18.2. The number of amides is 2. The number of hydrogen-bond donors (Lipinski definition) is 1. The Labute approximate surface area is 186 Å². The van der Waals surface area contributed by atoms with Gasteiger partial charge in [-0.25, -0.2) is 14.6 Å². The maximum absolute atomic E-state index is 13.0. The molecule has 1 aliphatic rings. The van der Waals surface area contributed by atoms with E-state index >= 15 is 0 Å². The molecule has 1 fully saturated rings. The normalized spacial score (nSPS) is 16.2. The first kappa shape index (κ1) is 23.1. The van der Waals surface area contributed by atoms with E-state index in [9.17, 15) is 14.4 Å². The summed E-state index contributed by atoms with van der Waals surface area (Å²) in [6.45, 7) is 0.529. The molecule has 0 bridgehead atoms. The number of nitrogens with one attached hydrogen (secondary N) is 1. The molecule has 1 N–H and O–H groups in total. The Morgan fingerprint density at radius 2 is 1.94 bits per heavy atom. The van der Waals surface area contributed by atoms with Crippen molar-refractivity contribution in [1.29, 1.82) is 0 Å². The van der Waals surface area contributed by atoms with Crippen molar-refractivity contribution in [1.82, 2.24) is 15.2 Å². The van der Waals surface area contributed by atoms with E-state index in [1.165, 1.54) is 19.1 Å². The molecule has 0 aliphatic carbocycles. The summed E-state index contributed by atoms with van der Waals surface area (Å²) in [6, 6.07) is 11.1. The number of rotatable bonds is 8. The topological polar surface area (TPSA) is 107 Å². The molecular formula is C23H27N3O6. The molecule has 2 heterocycles. The van der Waals surface area contributed by atoms with Crippen molar-refractivity contribution in [3.8, 4) is 5.88 Å². The summed E-state index contributed by atoms with van der Waals surface area (Å²) in [5.41, 5.74) is 1.51. The van der Waals surface area contributed by atoms with Gasteiger partial charge in [-0.05, 0) is 24.5 Å². The first-order chi connectivity index (χ1) is 15.5. The van der Waals surface area contributed by atoms with Crippen LogP contribution in [0.15, 0.2) is 48.7 Å². The lowest BCUT2D eigenvalue weighted by atomic mass is 10.1. The van der Waals surface area contributed by atoms with Gasteiger partial charge in [-0.15, -0.1) is 0 Å². The number of ether oxygens (including phenoxy) is 3. The molecule has 0 radical (unpaired) electrons. The molecule has 32 heavy (non-hydrogen) atoms. The summed E-state index contributed by atoms with van der Waals surface area (Å²) in [6.07, 6.45) is 2.30. The lowest BCUT2D eigenvalue weighted by Crippen LogP contribution is -2.51. The number of carbonyl (C=O) groups is 3. The number of likely N-dealkylation sites (tertiary alicyclic amines) is 1. The highest BCUT2D eigenvalue weighted by Crippen LogP contribution is 2.21. The Bertz CT molecular complexity index is 936. The quantitative estimate of drug-likeness (QED) is 0.625. The monoisotopic (exact) mass is 441 g/mol. The van der Waals surface area contributed by atoms with Gasteiger partial charge in [0.25, 0.3) is 0 Å². The third-order valence-corrected chi connectivity index (χ3v) is 5.26. The van der Waals surface area contributed by atoms with Crippen molar-refractivity contribution in [2.45, 2.75) is 38.0 Å². The predicted octanol–water partition coefficient (Wildman–Crippen LogP) is 2.09. The fraction of sp³-hybridized carbons (Fsp3) is 0.391. The van der Waals surface area contributed by atoms with Crippen molar-refractivity contribution in [3.63, 3.8) is 0 Å². The Hall–Kier alpha value is -3.62. The summed E-state index contributed by atoms with van der Waals surface area (Å²) < 4.78 is 15.5. The minimum absolute atomic E-state index is 0.121. The van der Waals surface area contributed by atoms with Crippen molar-refractivity contribution in [3.05, 3.63) is 59.8 Å². The number of esters is 1. The Morgan fingerprint density at radius 3 is 2.66 bits per heavy atom. The molecule has 0 spiro atoms. The van der Waals surface area contributed by atoms with Crippen LogP contribution >= 0.6 is 0 Å². The van der Waals surface area contributed by atoms with E-state index in [1.54, 1.807) is 18.3 Å². The van der Waals surface area contributed by atoms with E-state index in [0.29, 0.717) is 30.8 Å². The third kappa shape index (κ3) is 5.75. The molecule has 1 aromatic carbocycles. The lowest BCUT2D eigenvalue weighted by Gasteiger charge is -2.25. The van der Waals surface area contributed by atoms with Crippen LogP contribution in [0.3, 0.4) is 0 Å². The van der Waals surface area contributed by atoms with E-state index in [4.69, 9.17) is 14.2 Å². The van der Waals surface area contributed by atoms with Crippen LogP contribution < -0.4 is 10.1 Å². The Kier molecular flexibility index (Phi) is 8.02. The highest BCUT2D eigenvalue weighted by Gasteiger charge is 2.37. The van der Waals surface area contributed by atoms with Gasteiger partial charge in [-0.2, -0.15) is 0 Å². The van der Waals surface area contributed by atoms with Crippen LogP contribution in [0.4, 0.5) is 4.79 Å². The minimum atomic E-state index is -0.951. The average Bonchev–Trinajstić information content (AvgIpc) is 3.33. The molecule has 1 saturated heterocycles. The molecule has 1 aromatic heterocycles. The van der Waals surface area contributed by atoms with Gasteiger partial charge in [-0.3, -0.25) is 9.69 Å². The fourth-order valence-corrected chi connectivity index (χ4v) is 3.65. The summed E-state index contributed by atoms with van der Waals surface area (Å²) in [4.78, 5) is 43.4. The van der Waals surface area contributed by atoms with Crippen molar-refractivity contribution < 1.29 is 28.6 Å². The van der Waals surface area contributed by atoms with Gasteiger partial charge >= 0.3 is 12.1 Å². The van der Waals surface area contributed by atoms with Crippen LogP contribution in [-0.4, -0.2) is 60.7 Å². The number of benzene rings is 1. The molecule has 0 saturated carbocycles. The maximum Gasteiger partial charge on any atom is 0.410 e. The summed E-state index contributed by atoms with van der Waals surface area (Å²) in [5, 5.41) is 2.72. The Balaban J connectivity index is 1.65. The standard InChI is InChI=1S/C23H27N3O6/c1-30-21-17(10-6-12-24-21)14-18(22(28)31-2)25-20(27)19-11-7-13-26(19)23(29)32-15-16-8-4-3-5-9-16/h3-6,8-10,12,18-19H,7,11,13-15H2,1-2H3,(H,25,27)/t18-,19-/m1/s1. The molecule has 1 aliphatic heterocycles. The van der Waals surface area contributed by atoms with E-state index in [0.717, 1.165) is 5.56 Å². The zero-order valence-corrected chi connectivity index (χ0v) is 18.2. The second-order valence-corrected chi connectivity index (χ2v) is 7.35. The van der Waals surface area contributed by atoms with E-state index in [-0.39, 0.29) is 13.0 Å². The van der Waals surface area contributed by atoms with Gasteiger partial charge in [0, 0.05) is 24.7 Å². The van der Waals surface area contributed by atoms with Gasteiger partial charge < -0.3 is 19.5 Å². The number of hydrogen-bond acceptors (Lipinski definition) is 7. The molecule has 2 atom stereocenters. The smallest absolute Gasteiger partial charge is 0.410 e. The van der Waals surface area contributed by atoms with Gasteiger partial charge in [0.2, 0.25) is 11.8 Å².